The first-order valence-corrected chi connectivity index (χ1v) is 8.54. The number of rotatable bonds is 4. The van der Waals surface area contributed by atoms with E-state index in [-0.39, 0.29) is 0 Å². The van der Waals surface area contributed by atoms with E-state index in [1.807, 2.05) is 24.3 Å². The van der Waals surface area contributed by atoms with E-state index in [0.29, 0.717) is 5.25 Å². The minimum Gasteiger partial charge on any atom is -0.341 e. The van der Waals surface area contributed by atoms with Gasteiger partial charge in [0.2, 0.25) is 5.95 Å². The highest BCUT2D eigenvalue weighted by atomic mass is 35.5. The molecule has 0 radical (unpaired) electrons. The van der Waals surface area contributed by atoms with E-state index in [2.05, 4.69) is 33.5 Å². The van der Waals surface area contributed by atoms with Crippen LogP contribution in [-0.4, -0.2) is 33.1 Å². The highest BCUT2D eigenvalue weighted by molar-refractivity contribution is 7.99. The van der Waals surface area contributed by atoms with Crippen LogP contribution >= 0.6 is 23.4 Å². The van der Waals surface area contributed by atoms with E-state index in [1.54, 1.807) is 11.8 Å². The summed E-state index contributed by atoms with van der Waals surface area (Å²) in [4.78, 5) is 2.29. The molecule has 0 spiro atoms. The highest BCUT2D eigenvalue weighted by Gasteiger charge is 2.23. The number of anilines is 1. The molecular weight excluding hydrogens is 304 g/mol. The van der Waals surface area contributed by atoms with Crippen LogP contribution in [0.3, 0.4) is 0 Å². The Morgan fingerprint density at radius 2 is 1.86 bits per heavy atom. The lowest BCUT2D eigenvalue weighted by atomic mass is 10.3. The maximum atomic E-state index is 6.40. The molecule has 0 atom stereocenters. The Balaban J connectivity index is 2.09. The summed E-state index contributed by atoms with van der Waals surface area (Å²) in [6.07, 6.45) is 2.42. The zero-order valence-corrected chi connectivity index (χ0v) is 13.9. The average Bonchev–Trinajstić information content (AvgIpc) is 3.08. The Kier molecular flexibility index (Phi) is 4.40. The average molecular weight is 323 g/mol. The Hall–Kier alpha value is -1.20. The third kappa shape index (κ3) is 3.04. The monoisotopic (exact) mass is 322 g/mol. The molecule has 0 unspecified atom stereocenters. The van der Waals surface area contributed by atoms with Crippen molar-refractivity contribution in [2.75, 3.05) is 18.0 Å². The van der Waals surface area contributed by atoms with E-state index in [4.69, 9.17) is 11.6 Å². The van der Waals surface area contributed by atoms with Gasteiger partial charge in [-0.15, -0.1) is 10.2 Å². The molecule has 1 aromatic heterocycles. The lowest BCUT2D eigenvalue weighted by molar-refractivity contribution is 0.839. The van der Waals surface area contributed by atoms with Gasteiger partial charge in [0.1, 0.15) is 0 Å². The van der Waals surface area contributed by atoms with Crippen molar-refractivity contribution in [1.82, 2.24) is 14.8 Å². The van der Waals surface area contributed by atoms with Crippen LogP contribution in [0.15, 0.2) is 29.4 Å². The molecule has 2 aromatic rings. The second kappa shape index (κ2) is 6.28. The van der Waals surface area contributed by atoms with E-state index in [9.17, 15) is 0 Å². The van der Waals surface area contributed by atoms with Crippen LogP contribution in [0.4, 0.5) is 5.95 Å². The summed E-state index contributed by atoms with van der Waals surface area (Å²) in [7, 11) is 0. The fourth-order valence-corrected chi connectivity index (χ4v) is 3.53. The number of aromatic nitrogens is 3. The predicted octanol–water partition coefficient (Wildman–Crippen LogP) is 4.02. The fourth-order valence-electron chi connectivity index (χ4n) is 2.52. The molecular formula is C15H19ClN4S. The Labute approximate surface area is 134 Å². The molecule has 1 aliphatic heterocycles. The third-order valence-corrected chi connectivity index (χ3v) is 4.71. The van der Waals surface area contributed by atoms with Gasteiger partial charge in [-0.3, -0.25) is 4.57 Å². The van der Waals surface area contributed by atoms with Gasteiger partial charge in [0, 0.05) is 18.3 Å². The number of thioether (sulfide) groups is 1. The zero-order chi connectivity index (χ0) is 14.8. The molecule has 1 fully saturated rings. The molecule has 0 N–H and O–H groups in total. The maximum absolute atomic E-state index is 6.40. The van der Waals surface area contributed by atoms with Crippen molar-refractivity contribution in [2.24, 2.45) is 0 Å². The van der Waals surface area contributed by atoms with Crippen molar-refractivity contribution in [3.8, 4) is 5.69 Å². The van der Waals surface area contributed by atoms with Gasteiger partial charge in [-0.05, 0) is 25.0 Å². The fraction of sp³-hybridized carbons (Fsp3) is 0.467. The second-order valence-electron chi connectivity index (χ2n) is 5.43. The van der Waals surface area contributed by atoms with Crippen LogP contribution < -0.4 is 4.90 Å². The lowest BCUT2D eigenvalue weighted by Gasteiger charge is -2.19. The van der Waals surface area contributed by atoms with Gasteiger partial charge < -0.3 is 4.90 Å². The molecule has 1 aliphatic rings. The van der Waals surface area contributed by atoms with Gasteiger partial charge in [0.25, 0.3) is 0 Å². The number of hydrogen-bond donors (Lipinski definition) is 0. The first-order chi connectivity index (χ1) is 10.2. The number of nitrogens with zero attached hydrogens (tertiary/aromatic N) is 4. The van der Waals surface area contributed by atoms with Crippen LogP contribution in [0.2, 0.25) is 5.02 Å². The topological polar surface area (TPSA) is 34.0 Å². The normalized spacial score (nSPS) is 15.1. The summed E-state index contributed by atoms with van der Waals surface area (Å²) in [5.41, 5.74) is 0.953. The molecule has 0 amide bonds. The zero-order valence-electron chi connectivity index (χ0n) is 12.3. The smallest absolute Gasteiger partial charge is 0.232 e. The van der Waals surface area contributed by atoms with Crippen LogP contribution in [-0.2, 0) is 0 Å². The molecule has 1 aromatic carbocycles. The molecule has 4 nitrogen and oxygen atoms in total. The molecule has 1 saturated heterocycles. The van der Waals surface area contributed by atoms with Crippen LogP contribution in [0.1, 0.15) is 26.7 Å². The SMILES string of the molecule is CC(C)Sc1nnc(N2CCCC2)n1-c1ccccc1Cl. The Morgan fingerprint density at radius 3 is 2.52 bits per heavy atom. The van der Waals surface area contributed by atoms with E-state index >= 15 is 0 Å². The largest absolute Gasteiger partial charge is 0.341 e. The first-order valence-electron chi connectivity index (χ1n) is 7.28. The lowest BCUT2D eigenvalue weighted by Crippen LogP contribution is -2.22. The molecule has 0 saturated carbocycles. The Morgan fingerprint density at radius 1 is 1.14 bits per heavy atom. The number of halogens is 1. The van der Waals surface area contributed by atoms with Crippen molar-refractivity contribution in [3.63, 3.8) is 0 Å². The number of hydrogen-bond acceptors (Lipinski definition) is 4. The summed E-state index contributed by atoms with van der Waals surface area (Å²) in [6.45, 7) is 6.39. The van der Waals surface area contributed by atoms with Crippen LogP contribution in [0.25, 0.3) is 5.69 Å². The van der Waals surface area contributed by atoms with Crippen molar-refractivity contribution >= 4 is 29.3 Å². The summed E-state index contributed by atoms with van der Waals surface area (Å²) in [5, 5.41) is 10.9. The van der Waals surface area contributed by atoms with Crippen LogP contribution in [0, 0.1) is 0 Å². The van der Waals surface area contributed by atoms with Crippen molar-refractivity contribution in [1.29, 1.82) is 0 Å². The second-order valence-corrected chi connectivity index (χ2v) is 7.38. The summed E-state index contributed by atoms with van der Waals surface area (Å²) < 4.78 is 2.10. The molecule has 2 heterocycles. The van der Waals surface area contributed by atoms with Crippen molar-refractivity contribution < 1.29 is 0 Å². The first kappa shape index (κ1) is 14.7. The van der Waals surface area contributed by atoms with Gasteiger partial charge >= 0.3 is 0 Å². The van der Waals surface area contributed by atoms with E-state index in [1.165, 1.54) is 12.8 Å². The number of benzene rings is 1. The molecule has 112 valence electrons. The third-order valence-electron chi connectivity index (χ3n) is 3.44. The summed E-state index contributed by atoms with van der Waals surface area (Å²) >= 11 is 8.11. The standard InChI is InChI=1S/C15H19ClN4S/c1-11(2)21-15-18-17-14(19-9-5-6-10-19)20(15)13-8-4-3-7-12(13)16/h3-4,7-8,11H,5-6,9-10H2,1-2H3. The van der Waals surface area contributed by atoms with Crippen molar-refractivity contribution in [2.45, 2.75) is 37.1 Å². The van der Waals surface area contributed by atoms with E-state index < -0.39 is 0 Å². The van der Waals surface area contributed by atoms with Gasteiger partial charge in [0.15, 0.2) is 5.16 Å². The van der Waals surface area contributed by atoms with E-state index in [0.717, 1.165) is 34.9 Å². The highest BCUT2D eigenvalue weighted by Crippen LogP contribution is 2.33. The molecule has 3 rings (SSSR count). The quantitative estimate of drug-likeness (QED) is 0.796. The number of para-hydroxylation sites is 1. The molecule has 0 aliphatic carbocycles. The van der Waals surface area contributed by atoms with Gasteiger partial charge in [-0.1, -0.05) is 49.3 Å². The van der Waals surface area contributed by atoms with Crippen LogP contribution in [0.5, 0.6) is 0 Å². The minimum atomic E-state index is 0.446. The molecule has 0 bridgehead atoms. The summed E-state index contributed by atoms with van der Waals surface area (Å²) in [6, 6.07) is 7.88. The van der Waals surface area contributed by atoms with Gasteiger partial charge in [0.05, 0.1) is 10.7 Å². The van der Waals surface area contributed by atoms with Crippen molar-refractivity contribution in [3.05, 3.63) is 29.3 Å². The van der Waals surface area contributed by atoms with Gasteiger partial charge in [-0.25, -0.2) is 0 Å². The predicted molar refractivity (Wildman–Crippen MR) is 88.8 cm³/mol. The maximum Gasteiger partial charge on any atom is 0.232 e. The summed E-state index contributed by atoms with van der Waals surface area (Å²) in [5.74, 6) is 0.906. The molecule has 21 heavy (non-hydrogen) atoms. The Bertz CT molecular complexity index is 620. The van der Waals surface area contributed by atoms with Gasteiger partial charge in [-0.2, -0.15) is 0 Å². The minimum absolute atomic E-state index is 0.446. The molecule has 6 heteroatoms.